The van der Waals surface area contributed by atoms with Gasteiger partial charge in [-0.15, -0.1) is 0 Å². The van der Waals surface area contributed by atoms with Crippen LogP contribution in [0.3, 0.4) is 0 Å². The quantitative estimate of drug-likeness (QED) is 0.495. The monoisotopic (exact) mass is 348 g/mol. The number of carbonyl (C=O) groups is 1. The van der Waals surface area contributed by atoms with E-state index in [9.17, 15) is 4.79 Å². The van der Waals surface area contributed by atoms with Crippen LogP contribution in [0.5, 0.6) is 0 Å². The van der Waals surface area contributed by atoms with Gasteiger partial charge in [-0.3, -0.25) is 0 Å². The summed E-state index contributed by atoms with van der Waals surface area (Å²) in [6.45, 7) is 4.41. The van der Waals surface area contributed by atoms with Crippen molar-refractivity contribution < 1.29 is 4.79 Å². The smallest absolute Gasteiger partial charge is 0.126 e. The number of rotatable bonds is 7. The molecule has 2 aromatic rings. The largest absolute Gasteiger partial charge is 0.303 e. The van der Waals surface area contributed by atoms with Gasteiger partial charge in [0.05, 0.1) is 0 Å². The van der Waals surface area contributed by atoms with E-state index < -0.39 is 0 Å². The maximum atomic E-state index is 11.6. The first-order valence-electron chi connectivity index (χ1n) is 10.4. The molecule has 0 radical (unpaired) electrons. The Hall–Kier alpha value is -1.89. The van der Waals surface area contributed by atoms with E-state index in [1.54, 1.807) is 0 Å². The molecule has 0 atom stereocenters. The number of aldehydes is 1. The van der Waals surface area contributed by atoms with Crippen molar-refractivity contribution >= 4 is 6.29 Å². The molecule has 0 spiro atoms. The predicted octanol–water partition coefficient (Wildman–Crippen LogP) is 6.95. The van der Waals surface area contributed by atoms with Gasteiger partial charge >= 0.3 is 0 Å². The summed E-state index contributed by atoms with van der Waals surface area (Å²) in [6, 6.07) is 18.1. The summed E-state index contributed by atoms with van der Waals surface area (Å²) >= 11 is 0. The van der Waals surface area contributed by atoms with E-state index in [2.05, 4.69) is 62.4 Å². The van der Waals surface area contributed by atoms with Gasteiger partial charge in [-0.1, -0.05) is 75.2 Å². The Kier molecular flexibility index (Phi) is 6.29. The van der Waals surface area contributed by atoms with Gasteiger partial charge in [0.1, 0.15) is 6.29 Å². The van der Waals surface area contributed by atoms with Crippen molar-refractivity contribution in [1.82, 2.24) is 0 Å². The summed E-state index contributed by atoms with van der Waals surface area (Å²) in [5.74, 6) is 0.612. The minimum absolute atomic E-state index is 0.0363. The lowest BCUT2D eigenvalue weighted by Crippen LogP contribution is -2.28. The van der Waals surface area contributed by atoms with E-state index >= 15 is 0 Å². The molecule has 3 rings (SSSR count). The lowest BCUT2D eigenvalue weighted by atomic mass is 9.68. The Morgan fingerprint density at radius 1 is 0.885 bits per heavy atom. The van der Waals surface area contributed by atoms with E-state index in [0.717, 1.165) is 44.9 Å². The highest BCUT2D eigenvalue weighted by molar-refractivity contribution is 5.64. The summed E-state index contributed by atoms with van der Waals surface area (Å²) in [6.07, 6.45) is 10.1. The van der Waals surface area contributed by atoms with Crippen molar-refractivity contribution in [3.63, 3.8) is 0 Å². The molecule has 0 aromatic heterocycles. The molecule has 0 bridgehead atoms. The molecule has 0 aliphatic heterocycles. The standard InChI is InChI=1S/C25H32O/c1-3-5-20-6-8-21(9-7-20)22-10-12-23(13-11-22)24-14-17-25(19-26,16-4-2)18-15-24/h6-13,19,24H,3-5,14-18H2,1-2H3. The molecule has 138 valence electrons. The summed E-state index contributed by atoms with van der Waals surface area (Å²) in [4.78, 5) is 11.6. The molecule has 1 aliphatic carbocycles. The Morgan fingerprint density at radius 2 is 1.46 bits per heavy atom. The normalized spacial score (nSPS) is 22.9. The number of hydrogen-bond donors (Lipinski definition) is 0. The van der Waals surface area contributed by atoms with Crippen molar-refractivity contribution in [1.29, 1.82) is 0 Å². The Morgan fingerprint density at radius 3 is 1.96 bits per heavy atom. The second-order valence-electron chi connectivity index (χ2n) is 8.07. The second-order valence-corrected chi connectivity index (χ2v) is 8.07. The minimum Gasteiger partial charge on any atom is -0.303 e. The van der Waals surface area contributed by atoms with E-state index in [1.165, 1.54) is 35.0 Å². The molecular weight excluding hydrogens is 316 g/mol. The van der Waals surface area contributed by atoms with Crippen molar-refractivity contribution in [3.05, 3.63) is 59.7 Å². The molecule has 0 unspecified atom stereocenters. The van der Waals surface area contributed by atoms with Crippen molar-refractivity contribution in [2.75, 3.05) is 0 Å². The van der Waals surface area contributed by atoms with Crippen LogP contribution in [0, 0.1) is 5.41 Å². The van der Waals surface area contributed by atoms with Crippen molar-refractivity contribution in [2.24, 2.45) is 5.41 Å². The minimum atomic E-state index is -0.0363. The third-order valence-electron chi connectivity index (χ3n) is 6.19. The molecule has 1 saturated carbocycles. The van der Waals surface area contributed by atoms with E-state index in [4.69, 9.17) is 0 Å². The summed E-state index contributed by atoms with van der Waals surface area (Å²) in [5, 5.41) is 0. The zero-order valence-corrected chi connectivity index (χ0v) is 16.3. The molecule has 0 heterocycles. The zero-order valence-electron chi connectivity index (χ0n) is 16.3. The molecule has 1 aliphatic rings. The molecule has 0 amide bonds. The van der Waals surface area contributed by atoms with Gasteiger partial charge in [0, 0.05) is 5.41 Å². The molecule has 1 nitrogen and oxygen atoms in total. The third kappa shape index (κ3) is 4.26. The molecule has 26 heavy (non-hydrogen) atoms. The summed E-state index contributed by atoms with van der Waals surface area (Å²) in [7, 11) is 0. The van der Waals surface area contributed by atoms with Crippen LogP contribution >= 0.6 is 0 Å². The van der Waals surface area contributed by atoms with Gasteiger partial charge < -0.3 is 4.79 Å². The van der Waals surface area contributed by atoms with Crippen LogP contribution < -0.4 is 0 Å². The van der Waals surface area contributed by atoms with Crippen molar-refractivity contribution in [3.8, 4) is 11.1 Å². The first-order valence-corrected chi connectivity index (χ1v) is 10.4. The van der Waals surface area contributed by atoms with Crippen LogP contribution in [0.15, 0.2) is 48.5 Å². The highest BCUT2D eigenvalue weighted by atomic mass is 16.1. The van der Waals surface area contributed by atoms with Crippen LogP contribution in [-0.2, 0) is 11.2 Å². The van der Waals surface area contributed by atoms with E-state index in [-0.39, 0.29) is 5.41 Å². The van der Waals surface area contributed by atoms with Crippen LogP contribution in [0.25, 0.3) is 11.1 Å². The second kappa shape index (κ2) is 8.66. The highest BCUT2D eigenvalue weighted by Gasteiger charge is 2.34. The van der Waals surface area contributed by atoms with Crippen LogP contribution in [0.4, 0.5) is 0 Å². The average Bonchev–Trinajstić information content (AvgIpc) is 2.70. The van der Waals surface area contributed by atoms with Gasteiger partial charge in [0.15, 0.2) is 0 Å². The highest BCUT2D eigenvalue weighted by Crippen LogP contribution is 2.44. The molecule has 0 saturated heterocycles. The maximum absolute atomic E-state index is 11.6. The fourth-order valence-electron chi connectivity index (χ4n) is 4.55. The van der Waals surface area contributed by atoms with Crippen LogP contribution in [0.1, 0.15) is 75.8 Å². The van der Waals surface area contributed by atoms with Gasteiger partial charge in [-0.05, 0) is 66.7 Å². The average molecular weight is 349 g/mol. The molecule has 1 fully saturated rings. The zero-order chi connectivity index (χ0) is 18.4. The molecule has 2 aromatic carbocycles. The Balaban J connectivity index is 1.66. The fourth-order valence-corrected chi connectivity index (χ4v) is 4.55. The van der Waals surface area contributed by atoms with Crippen molar-refractivity contribution in [2.45, 2.75) is 71.1 Å². The first-order chi connectivity index (χ1) is 12.7. The Labute approximate surface area is 158 Å². The summed E-state index contributed by atoms with van der Waals surface area (Å²) in [5.41, 5.74) is 5.41. The van der Waals surface area contributed by atoms with Crippen LogP contribution in [0.2, 0.25) is 0 Å². The van der Waals surface area contributed by atoms with Gasteiger partial charge in [-0.2, -0.15) is 0 Å². The topological polar surface area (TPSA) is 17.1 Å². The lowest BCUT2D eigenvalue weighted by molar-refractivity contribution is -0.118. The number of benzene rings is 2. The summed E-state index contributed by atoms with van der Waals surface area (Å²) < 4.78 is 0. The third-order valence-corrected chi connectivity index (χ3v) is 6.19. The Bertz CT molecular complexity index is 688. The number of carbonyl (C=O) groups excluding carboxylic acids is 1. The van der Waals surface area contributed by atoms with E-state index in [1.807, 2.05) is 0 Å². The number of aryl methyl sites for hydroxylation is 1. The van der Waals surface area contributed by atoms with Crippen LogP contribution in [-0.4, -0.2) is 6.29 Å². The maximum Gasteiger partial charge on any atom is 0.126 e. The predicted molar refractivity (Wildman–Crippen MR) is 110 cm³/mol. The number of hydrogen-bond acceptors (Lipinski definition) is 1. The molecular formula is C25H32O. The van der Waals surface area contributed by atoms with Gasteiger partial charge in [-0.25, -0.2) is 0 Å². The molecule has 0 N–H and O–H groups in total. The fraction of sp³-hybridized carbons (Fsp3) is 0.480. The van der Waals surface area contributed by atoms with E-state index in [0.29, 0.717) is 5.92 Å². The first kappa shape index (κ1) is 18.9. The lowest BCUT2D eigenvalue weighted by Gasteiger charge is -2.36. The van der Waals surface area contributed by atoms with Gasteiger partial charge in [0.25, 0.3) is 0 Å². The van der Waals surface area contributed by atoms with Gasteiger partial charge in [0.2, 0.25) is 0 Å². The molecule has 1 heteroatoms. The SMILES string of the molecule is CCCc1ccc(-c2ccc(C3CCC(C=O)(CCC)CC3)cc2)cc1.